The molecular formula is C13H14Br2N2O3. The SMILES string of the molecule is O=C(Nc1c(Br)cccc1Br)NC1CCCC1C(=O)O. The predicted molar refractivity (Wildman–Crippen MR) is 82.8 cm³/mol. The fourth-order valence-electron chi connectivity index (χ4n) is 2.36. The highest BCUT2D eigenvalue weighted by Gasteiger charge is 2.33. The topological polar surface area (TPSA) is 78.4 Å². The zero-order valence-corrected chi connectivity index (χ0v) is 13.7. The number of aliphatic carboxylic acids is 1. The summed E-state index contributed by atoms with van der Waals surface area (Å²) in [7, 11) is 0. The summed E-state index contributed by atoms with van der Waals surface area (Å²) in [5, 5.41) is 14.6. The first-order chi connectivity index (χ1) is 9.49. The standard InChI is InChI=1S/C13H14Br2N2O3/c14-8-4-2-5-9(15)11(8)17-13(20)16-10-6-1-3-7(10)12(18)19/h2,4-5,7,10H,1,3,6H2,(H,18,19)(H2,16,17,20). The van der Waals surface area contributed by atoms with Crippen LogP contribution in [0.25, 0.3) is 0 Å². The molecule has 1 aliphatic carbocycles. The first-order valence-corrected chi connectivity index (χ1v) is 7.82. The molecule has 0 aliphatic heterocycles. The Labute approximate surface area is 133 Å². The molecule has 2 atom stereocenters. The van der Waals surface area contributed by atoms with E-state index >= 15 is 0 Å². The van der Waals surface area contributed by atoms with Crippen LogP contribution in [0.4, 0.5) is 10.5 Å². The molecule has 1 saturated carbocycles. The Hall–Kier alpha value is -1.08. The van der Waals surface area contributed by atoms with E-state index < -0.39 is 17.9 Å². The van der Waals surface area contributed by atoms with Gasteiger partial charge in [0.05, 0.1) is 11.6 Å². The fourth-order valence-corrected chi connectivity index (χ4v) is 3.56. The number of hydrogen-bond acceptors (Lipinski definition) is 2. The normalized spacial score (nSPS) is 21.5. The van der Waals surface area contributed by atoms with E-state index in [-0.39, 0.29) is 6.04 Å². The third kappa shape index (κ3) is 3.52. The Bertz CT molecular complexity index is 516. The van der Waals surface area contributed by atoms with Crippen LogP contribution < -0.4 is 10.6 Å². The van der Waals surface area contributed by atoms with E-state index in [0.29, 0.717) is 18.5 Å². The smallest absolute Gasteiger partial charge is 0.319 e. The van der Waals surface area contributed by atoms with Crippen molar-refractivity contribution in [2.75, 3.05) is 5.32 Å². The zero-order valence-electron chi connectivity index (χ0n) is 10.5. The number of benzene rings is 1. The van der Waals surface area contributed by atoms with Crippen molar-refractivity contribution in [1.29, 1.82) is 0 Å². The Balaban J connectivity index is 2.01. The minimum absolute atomic E-state index is 0.311. The first-order valence-electron chi connectivity index (χ1n) is 6.23. The molecule has 0 spiro atoms. The van der Waals surface area contributed by atoms with Crippen molar-refractivity contribution >= 4 is 49.5 Å². The summed E-state index contributed by atoms with van der Waals surface area (Å²) >= 11 is 6.71. The van der Waals surface area contributed by atoms with Gasteiger partial charge in [-0.15, -0.1) is 0 Å². The number of halogens is 2. The van der Waals surface area contributed by atoms with Gasteiger partial charge in [-0.3, -0.25) is 4.79 Å². The molecule has 0 bridgehead atoms. The largest absolute Gasteiger partial charge is 0.481 e. The molecule has 1 aromatic carbocycles. The molecular weight excluding hydrogens is 392 g/mol. The number of para-hydroxylation sites is 1. The lowest BCUT2D eigenvalue weighted by atomic mass is 10.0. The third-order valence-electron chi connectivity index (χ3n) is 3.35. The number of urea groups is 1. The second-order valence-electron chi connectivity index (χ2n) is 4.68. The van der Waals surface area contributed by atoms with Gasteiger partial charge in [0.25, 0.3) is 0 Å². The van der Waals surface area contributed by atoms with E-state index in [2.05, 4.69) is 42.5 Å². The molecule has 7 heteroatoms. The summed E-state index contributed by atoms with van der Waals surface area (Å²) in [6, 6.07) is 4.77. The van der Waals surface area contributed by atoms with Crippen molar-refractivity contribution in [3.63, 3.8) is 0 Å². The minimum Gasteiger partial charge on any atom is -0.481 e. The molecule has 5 nitrogen and oxygen atoms in total. The zero-order chi connectivity index (χ0) is 14.7. The van der Waals surface area contributed by atoms with Crippen LogP contribution in [0.5, 0.6) is 0 Å². The maximum absolute atomic E-state index is 12.0. The van der Waals surface area contributed by atoms with Crippen molar-refractivity contribution in [2.24, 2.45) is 5.92 Å². The van der Waals surface area contributed by atoms with Crippen LogP contribution >= 0.6 is 31.9 Å². The van der Waals surface area contributed by atoms with E-state index in [0.717, 1.165) is 15.4 Å². The van der Waals surface area contributed by atoms with E-state index in [1.807, 2.05) is 18.2 Å². The third-order valence-corrected chi connectivity index (χ3v) is 4.67. The van der Waals surface area contributed by atoms with Crippen LogP contribution in [0.1, 0.15) is 19.3 Å². The summed E-state index contributed by atoms with van der Waals surface area (Å²) in [5.74, 6) is -1.35. The maximum atomic E-state index is 12.0. The second-order valence-corrected chi connectivity index (χ2v) is 6.39. The van der Waals surface area contributed by atoms with E-state index in [1.165, 1.54) is 0 Å². The Morgan fingerprint density at radius 2 is 1.85 bits per heavy atom. The number of hydrogen-bond donors (Lipinski definition) is 3. The minimum atomic E-state index is -0.852. The second kappa shape index (κ2) is 6.58. The van der Waals surface area contributed by atoms with Gasteiger partial charge >= 0.3 is 12.0 Å². The van der Waals surface area contributed by atoms with Gasteiger partial charge in [0, 0.05) is 15.0 Å². The van der Waals surface area contributed by atoms with Crippen LogP contribution in [0.15, 0.2) is 27.1 Å². The van der Waals surface area contributed by atoms with Gasteiger partial charge < -0.3 is 15.7 Å². The van der Waals surface area contributed by atoms with Crippen LogP contribution in [0, 0.1) is 5.92 Å². The number of carbonyl (C=O) groups excluding carboxylic acids is 1. The number of anilines is 1. The van der Waals surface area contributed by atoms with Gasteiger partial charge in [-0.25, -0.2) is 4.79 Å². The van der Waals surface area contributed by atoms with Crippen molar-refractivity contribution in [3.05, 3.63) is 27.1 Å². The van der Waals surface area contributed by atoms with Crippen molar-refractivity contribution in [3.8, 4) is 0 Å². The molecule has 108 valence electrons. The summed E-state index contributed by atoms with van der Waals surface area (Å²) in [6.07, 6.45) is 2.13. The van der Waals surface area contributed by atoms with Gasteiger partial charge in [-0.2, -0.15) is 0 Å². The van der Waals surface area contributed by atoms with Crippen LogP contribution in [-0.4, -0.2) is 23.1 Å². The molecule has 1 aromatic rings. The van der Waals surface area contributed by atoms with Gasteiger partial charge in [0.1, 0.15) is 0 Å². The molecule has 2 amide bonds. The molecule has 3 N–H and O–H groups in total. The number of nitrogens with one attached hydrogen (secondary N) is 2. The molecule has 0 aromatic heterocycles. The molecule has 2 unspecified atom stereocenters. The van der Waals surface area contributed by atoms with Crippen LogP contribution in [0.3, 0.4) is 0 Å². The lowest BCUT2D eigenvalue weighted by Gasteiger charge is -2.18. The highest BCUT2D eigenvalue weighted by atomic mass is 79.9. The summed E-state index contributed by atoms with van der Waals surface area (Å²) in [6.45, 7) is 0. The molecule has 2 rings (SSSR count). The highest BCUT2D eigenvalue weighted by Crippen LogP contribution is 2.31. The Morgan fingerprint density at radius 1 is 1.20 bits per heavy atom. The quantitative estimate of drug-likeness (QED) is 0.718. The summed E-state index contributed by atoms with van der Waals surface area (Å²) in [5.41, 5.74) is 0.620. The van der Waals surface area contributed by atoms with Crippen molar-refractivity contribution in [1.82, 2.24) is 5.32 Å². The Morgan fingerprint density at radius 3 is 2.45 bits per heavy atom. The van der Waals surface area contributed by atoms with E-state index in [9.17, 15) is 9.59 Å². The average Bonchev–Trinajstić information content (AvgIpc) is 2.82. The van der Waals surface area contributed by atoms with Crippen LogP contribution in [0.2, 0.25) is 0 Å². The van der Waals surface area contributed by atoms with E-state index in [1.54, 1.807) is 0 Å². The molecule has 0 heterocycles. The van der Waals surface area contributed by atoms with Crippen molar-refractivity contribution < 1.29 is 14.7 Å². The maximum Gasteiger partial charge on any atom is 0.319 e. The van der Waals surface area contributed by atoms with Gasteiger partial charge in [0.15, 0.2) is 0 Å². The molecule has 0 saturated heterocycles. The summed E-state index contributed by atoms with van der Waals surface area (Å²) in [4.78, 5) is 23.1. The number of carbonyl (C=O) groups is 2. The highest BCUT2D eigenvalue weighted by molar-refractivity contribution is 9.11. The monoisotopic (exact) mass is 404 g/mol. The number of rotatable bonds is 3. The van der Waals surface area contributed by atoms with Gasteiger partial charge in [0.2, 0.25) is 0 Å². The number of amides is 2. The number of carboxylic acid groups (broad SMARTS) is 1. The van der Waals surface area contributed by atoms with E-state index in [4.69, 9.17) is 5.11 Å². The Kier molecular flexibility index (Phi) is 5.04. The van der Waals surface area contributed by atoms with Gasteiger partial charge in [-0.05, 0) is 56.8 Å². The summed E-state index contributed by atoms with van der Waals surface area (Å²) < 4.78 is 1.51. The molecule has 0 radical (unpaired) electrons. The molecule has 1 fully saturated rings. The fraction of sp³-hybridized carbons (Fsp3) is 0.385. The van der Waals surface area contributed by atoms with Crippen LogP contribution in [-0.2, 0) is 4.79 Å². The van der Waals surface area contributed by atoms with Gasteiger partial charge in [-0.1, -0.05) is 12.5 Å². The first kappa shape index (κ1) is 15.3. The lowest BCUT2D eigenvalue weighted by Crippen LogP contribution is -2.42. The number of carboxylic acids is 1. The molecule has 20 heavy (non-hydrogen) atoms. The van der Waals surface area contributed by atoms with Crippen molar-refractivity contribution in [2.45, 2.75) is 25.3 Å². The predicted octanol–water partition coefficient (Wildman–Crippen LogP) is 3.59. The lowest BCUT2D eigenvalue weighted by molar-refractivity contribution is -0.142. The molecule has 1 aliphatic rings. The average molecular weight is 406 g/mol.